The number of hydrogen-bond acceptors (Lipinski definition) is 4. The lowest BCUT2D eigenvalue weighted by molar-refractivity contribution is -0.384. The first kappa shape index (κ1) is 16.7. The molecule has 0 aliphatic heterocycles. The highest BCUT2D eigenvalue weighted by Gasteiger charge is 2.17. The Morgan fingerprint density at radius 3 is 2.52 bits per heavy atom. The summed E-state index contributed by atoms with van der Waals surface area (Å²) in [5, 5.41) is 19.6. The number of rotatable bonds is 5. The quantitative estimate of drug-likeness (QED) is 0.512. The SMILES string of the molecule is CN(CC(C)(C)C)c1ccc([N+](=O)[O-])cc1C=CC(=O)O. The summed E-state index contributed by atoms with van der Waals surface area (Å²) in [7, 11) is 1.88. The molecule has 0 saturated carbocycles. The van der Waals surface area contributed by atoms with Crippen molar-refractivity contribution in [2.45, 2.75) is 20.8 Å². The van der Waals surface area contributed by atoms with Crippen LogP contribution in [0.15, 0.2) is 24.3 Å². The fraction of sp³-hybridized carbons (Fsp3) is 0.400. The van der Waals surface area contributed by atoms with Crippen molar-refractivity contribution in [3.05, 3.63) is 40.0 Å². The first-order valence-electron chi connectivity index (χ1n) is 6.51. The van der Waals surface area contributed by atoms with Gasteiger partial charge in [-0.15, -0.1) is 0 Å². The molecule has 0 spiro atoms. The van der Waals surface area contributed by atoms with Gasteiger partial charge in [0.05, 0.1) is 4.92 Å². The Morgan fingerprint density at radius 2 is 2.05 bits per heavy atom. The molecule has 0 radical (unpaired) electrons. The molecule has 0 amide bonds. The maximum atomic E-state index is 10.9. The molecular formula is C15H20N2O4. The first-order chi connectivity index (χ1) is 9.60. The van der Waals surface area contributed by atoms with Crippen LogP contribution in [-0.2, 0) is 4.79 Å². The van der Waals surface area contributed by atoms with Crippen LogP contribution in [0.4, 0.5) is 11.4 Å². The van der Waals surface area contributed by atoms with Crippen LogP contribution in [0.3, 0.4) is 0 Å². The van der Waals surface area contributed by atoms with Crippen LogP contribution in [0, 0.1) is 15.5 Å². The second-order valence-electron chi connectivity index (χ2n) is 6.09. The van der Waals surface area contributed by atoms with Gasteiger partial charge in [0, 0.05) is 43.1 Å². The number of non-ortho nitro benzene ring substituents is 1. The summed E-state index contributed by atoms with van der Waals surface area (Å²) in [4.78, 5) is 23.0. The van der Waals surface area contributed by atoms with Gasteiger partial charge in [-0.05, 0) is 17.6 Å². The molecule has 0 saturated heterocycles. The summed E-state index contributed by atoms with van der Waals surface area (Å²) in [5.74, 6) is -1.09. The van der Waals surface area contributed by atoms with Gasteiger partial charge in [-0.25, -0.2) is 4.79 Å². The third-order valence-electron chi connectivity index (χ3n) is 2.75. The van der Waals surface area contributed by atoms with Gasteiger partial charge in [0.2, 0.25) is 0 Å². The molecule has 114 valence electrons. The molecule has 1 aromatic rings. The minimum absolute atomic E-state index is 0.0459. The Morgan fingerprint density at radius 1 is 1.43 bits per heavy atom. The molecule has 0 heterocycles. The van der Waals surface area contributed by atoms with Gasteiger partial charge in [-0.3, -0.25) is 10.1 Å². The highest BCUT2D eigenvalue weighted by molar-refractivity contribution is 5.87. The zero-order valence-electron chi connectivity index (χ0n) is 12.7. The van der Waals surface area contributed by atoms with Crippen molar-refractivity contribution in [1.29, 1.82) is 0 Å². The molecule has 1 rings (SSSR count). The van der Waals surface area contributed by atoms with Gasteiger partial charge < -0.3 is 10.0 Å². The minimum atomic E-state index is -1.09. The Hall–Kier alpha value is -2.37. The van der Waals surface area contributed by atoms with Crippen molar-refractivity contribution in [2.75, 3.05) is 18.5 Å². The Kier molecular flexibility index (Phi) is 5.07. The van der Waals surface area contributed by atoms with E-state index in [0.29, 0.717) is 5.56 Å². The van der Waals surface area contributed by atoms with Gasteiger partial charge >= 0.3 is 5.97 Å². The molecule has 0 fully saturated rings. The van der Waals surface area contributed by atoms with E-state index in [1.807, 2.05) is 11.9 Å². The summed E-state index contributed by atoms with van der Waals surface area (Å²) in [6, 6.07) is 4.45. The summed E-state index contributed by atoms with van der Waals surface area (Å²) in [5.41, 5.74) is 1.25. The second-order valence-corrected chi connectivity index (χ2v) is 6.09. The Labute approximate surface area is 123 Å². The zero-order chi connectivity index (χ0) is 16.2. The summed E-state index contributed by atoms with van der Waals surface area (Å²) >= 11 is 0. The van der Waals surface area contributed by atoms with Crippen molar-refractivity contribution >= 4 is 23.4 Å². The largest absolute Gasteiger partial charge is 0.478 e. The molecule has 21 heavy (non-hydrogen) atoms. The fourth-order valence-electron chi connectivity index (χ4n) is 2.09. The van der Waals surface area contributed by atoms with E-state index in [1.165, 1.54) is 18.2 Å². The maximum absolute atomic E-state index is 10.9. The van der Waals surface area contributed by atoms with Gasteiger partial charge in [-0.2, -0.15) is 0 Å². The van der Waals surface area contributed by atoms with Crippen LogP contribution in [0.5, 0.6) is 0 Å². The van der Waals surface area contributed by atoms with Crippen LogP contribution in [0.25, 0.3) is 6.08 Å². The molecule has 6 heteroatoms. The predicted octanol–water partition coefficient (Wildman–Crippen LogP) is 3.17. The van der Waals surface area contributed by atoms with Gasteiger partial charge in [-0.1, -0.05) is 20.8 Å². The average Bonchev–Trinajstić information content (AvgIpc) is 2.33. The van der Waals surface area contributed by atoms with Crippen LogP contribution >= 0.6 is 0 Å². The molecule has 0 bridgehead atoms. The van der Waals surface area contributed by atoms with Gasteiger partial charge in [0.15, 0.2) is 0 Å². The molecular weight excluding hydrogens is 272 g/mol. The normalized spacial score (nSPS) is 11.6. The standard InChI is InChI=1S/C15H20N2O4/c1-15(2,3)10-16(4)13-7-6-12(17(20)21)9-11(13)5-8-14(18)19/h5-9H,10H2,1-4H3,(H,18,19). The molecule has 1 N–H and O–H groups in total. The van der Waals surface area contributed by atoms with E-state index in [9.17, 15) is 14.9 Å². The molecule has 0 unspecified atom stereocenters. The molecule has 0 aliphatic rings. The van der Waals surface area contributed by atoms with E-state index in [-0.39, 0.29) is 11.1 Å². The number of nitro groups is 1. The van der Waals surface area contributed by atoms with Crippen LogP contribution in [-0.4, -0.2) is 29.6 Å². The Balaban J connectivity index is 3.23. The highest BCUT2D eigenvalue weighted by atomic mass is 16.6. The number of aliphatic carboxylic acids is 1. The summed E-state index contributed by atoms with van der Waals surface area (Å²) < 4.78 is 0. The predicted molar refractivity (Wildman–Crippen MR) is 82.5 cm³/mol. The molecule has 1 aromatic carbocycles. The van der Waals surface area contributed by atoms with E-state index in [4.69, 9.17) is 5.11 Å². The fourth-order valence-corrected chi connectivity index (χ4v) is 2.09. The number of carboxylic acids is 1. The van der Waals surface area contributed by atoms with E-state index in [1.54, 1.807) is 6.07 Å². The molecule has 6 nitrogen and oxygen atoms in total. The third kappa shape index (κ3) is 5.25. The van der Waals surface area contributed by atoms with E-state index in [0.717, 1.165) is 18.3 Å². The average molecular weight is 292 g/mol. The van der Waals surface area contributed by atoms with Crippen molar-refractivity contribution in [1.82, 2.24) is 0 Å². The van der Waals surface area contributed by atoms with Crippen molar-refractivity contribution in [3.63, 3.8) is 0 Å². The van der Waals surface area contributed by atoms with E-state index >= 15 is 0 Å². The summed E-state index contributed by atoms with van der Waals surface area (Å²) in [6.07, 6.45) is 2.36. The van der Waals surface area contributed by atoms with Crippen molar-refractivity contribution < 1.29 is 14.8 Å². The van der Waals surface area contributed by atoms with Gasteiger partial charge in [0.1, 0.15) is 0 Å². The first-order valence-corrected chi connectivity index (χ1v) is 6.51. The topological polar surface area (TPSA) is 83.7 Å². The lowest BCUT2D eigenvalue weighted by Gasteiger charge is -2.29. The number of carboxylic acid groups (broad SMARTS) is 1. The smallest absolute Gasteiger partial charge is 0.328 e. The van der Waals surface area contributed by atoms with Crippen molar-refractivity contribution in [3.8, 4) is 0 Å². The number of anilines is 1. The lowest BCUT2D eigenvalue weighted by atomic mass is 9.95. The summed E-state index contributed by atoms with van der Waals surface area (Å²) in [6.45, 7) is 6.99. The number of nitro benzene ring substituents is 1. The number of hydrogen-bond donors (Lipinski definition) is 1. The van der Waals surface area contributed by atoms with Crippen LogP contribution in [0.2, 0.25) is 0 Å². The minimum Gasteiger partial charge on any atom is -0.478 e. The van der Waals surface area contributed by atoms with Crippen LogP contribution < -0.4 is 4.90 Å². The molecule has 0 aliphatic carbocycles. The number of nitrogens with zero attached hydrogens (tertiary/aromatic N) is 2. The maximum Gasteiger partial charge on any atom is 0.328 e. The second kappa shape index (κ2) is 6.39. The zero-order valence-corrected chi connectivity index (χ0v) is 12.7. The molecule has 0 aromatic heterocycles. The molecule has 0 atom stereocenters. The Bertz CT molecular complexity index is 574. The monoisotopic (exact) mass is 292 g/mol. The number of benzene rings is 1. The van der Waals surface area contributed by atoms with E-state index in [2.05, 4.69) is 20.8 Å². The highest BCUT2D eigenvalue weighted by Crippen LogP contribution is 2.28. The van der Waals surface area contributed by atoms with E-state index < -0.39 is 10.9 Å². The number of carbonyl (C=O) groups is 1. The van der Waals surface area contributed by atoms with Crippen molar-refractivity contribution in [2.24, 2.45) is 5.41 Å². The van der Waals surface area contributed by atoms with Gasteiger partial charge in [0.25, 0.3) is 5.69 Å². The lowest BCUT2D eigenvalue weighted by Crippen LogP contribution is -2.29. The third-order valence-corrected chi connectivity index (χ3v) is 2.75. The van der Waals surface area contributed by atoms with Crippen LogP contribution in [0.1, 0.15) is 26.3 Å².